The average molecular weight is 958 g/mol. The molecule has 8 rings (SSSR count). The molecule has 1 aliphatic heterocycles. The normalized spacial score (nSPS) is 14.6. The van der Waals surface area contributed by atoms with E-state index in [2.05, 4.69) is 27.5 Å². The van der Waals surface area contributed by atoms with Gasteiger partial charge in [-0.3, -0.25) is 10.3 Å². The first-order valence-corrected chi connectivity index (χ1v) is 24.7. The van der Waals surface area contributed by atoms with E-state index in [1.165, 1.54) is 0 Å². The van der Waals surface area contributed by atoms with Crippen LogP contribution in [0.4, 0.5) is 9.59 Å². The summed E-state index contributed by atoms with van der Waals surface area (Å²) in [5.74, 6) is -1.43. The number of carbonyl (C=O) groups is 3. The molecule has 0 saturated carbocycles. The van der Waals surface area contributed by atoms with Crippen LogP contribution in [0.15, 0.2) is 102 Å². The summed E-state index contributed by atoms with van der Waals surface area (Å²) >= 11 is 0. The van der Waals surface area contributed by atoms with Gasteiger partial charge >= 0.3 is 18.2 Å². The zero-order valence-corrected chi connectivity index (χ0v) is 40.3. The Morgan fingerprint density at radius 1 is 0.754 bits per heavy atom. The number of amides is 2. The van der Waals surface area contributed by atoms with E-state index in [0.717, 1.165) is 60.5 Å². The molecule has 362 valence electrons. The predicted octanol–water partition coefficient (Wildman–Crippen LogP) is 8.17. The van der Waals surface area contributed by atoms with Gasteiger partial charge < -0.3 is 34.7 Å². The Hall–Kier alpha value is -6.91. The molecule has 16 heteroatoms. The van der Waals surface area contributed by atoms with E-state index in [1.54, 1.807) is 13.8 Å². The third-order valence-electron chi connectivity index (χ3n) is 13.3. The minimum Gasteiger partial charge on any atom is -0.487 e. The van der Waals surface area contributed by atoms with Crippen LogP contribution >= 0.6 is 0 Å². The number of rotatable bonds is 18. The van der Waals surface area contributed by atoms with Gasteiger partial charge in [-0.1, -0.05) is 97.1 Å². The van der Waals surface area contributed by atoms with Crippen LogP contribution in [0.2, 0.25) is 0 Å². The summed E-state index contributed by atoms with van der Waals surface area (Å²) in [7, 11) is -4.19. The van der Waals surface area contributed by atoms with Crippen molar-refractivity contribution >= 4 is 34.1 Å². The minimum absolute atomic E-state index is 0.0188. The lowest BCUT2D eigenvalue weighted by Gasteiger charge is -2.29. The smallest absolute Gasteiger partial charge is 0.410 e. The van der Waals surface area contributed by atoms with Gasteiger partial charge in [0.1, 0.15) is 30.6 Å². The number of aliphatic carboxylic acids is 1. The van der Waals surface area contributed by atoms with Crippen molar-refractivity contribution in [1.82, 2.24) is 20.3 Å². The van der Waals surface area contributed by atoms with Crippen LogP contribution in [0.5, 0.6) is 5.75 Å². The molecule has 0 radical (unpaired) electrons. The molecule has 0 aromatic heterocycles. The second-order valence-electron chi connectivity index (χ2n) is 18.3. The molecule has 0 spiro atoms. The van der Waals surface area contributed by atoms with E-state index >= 15 is 0 Å². The number of nitrogens with one attached hydrogen (secondary N) is 4. The summed E-state index contributed by atoms with van der Waals surface area (Å²) in [6, 6.07) is 30.6. The van der Waals surface area contributed by atoms with Gasteiger partial charge in [0.05, 0.1) is 18.1 Å². The lowest BCUT2D eigenvalue weighted by atomic mass is 9.94. The lowest BCUT2D eigenvalue weighted by Crippen LogP contribution is -2.48. The van der Waals surface area contributed by atoms with Crippen molar-refractivity contribution in [2.45, 2.75) is 82.3 Å². The number of guanidine groups is 1. The molecule has 5 aromatic rings. The Morgan fingerprint density at radius 2 is 1.28 bits per heavy atom. The fraction of sp³-hybridized carbons (Fsp3) is 0.358. The first kappa shape index (κ1) is 48.5. The molecule has 2 amide bonds. The van der Waals surface area contributed by atoms with Crippen LogP contribution in [-0.4, -0.2) is 100 Å². The van der Waals surface area contributed by atoms with Crippen LogP contribution in [0.25, 0.3) is 22.3 Å². The van der Waals surface area contributed by atoms with E-state index in [9.17, 15) is 27.9 Å². The number of carboxylic acids is 1. The number of carbonyl (C=O) groups excluding carboxylic acids is 2. The minimum atomic E-state index is -4.19. The quantitative estimate of drug-likeness (QED) is 0.0322. The highest BCUT2D eigenvalue weighted by Crippen LogP contribution is 2.46. The van der Waals surface area contributed by atoms with Gasteiger partial charge in [0.15, 0.2) is 0 Å². The van der Waals surface area contributed by atoms with Gasteiger partial charge in [0.2, 0.25) is 5.96 Å². The van der Waals surface area contributed by atoms with Crippen molar-refractivity contribution in [3.8, 4) is 28.0 Å². The van der Waals surface area contributed by atoms with Crippen LogP contribution < -0.4 is 20.1 Å². The molecule has 1 unspecified atom stereocenters. The molecule has 2 aliphatic carbocycles. The van der Waals surface area contributed by atoms with Crippen LogP contribution in [0.1, 0.15) is 83.0 Å². The van der Waals surface area contributed by atoms with Crippen LogP contribution in [0.3, 0.4) is 0 Å². The summed E-state index contributed by atoms with van der Waals surface area (Å²) in [5, 5.41) is 24.5. The highest BCUT2D eigenvalue weighted by molar-refractivity contribution is 7.90. The lowest BCUT2D eigenvalue weighted by molar-refractivity contribution is -0.143. The largest absolute Gasteiger partial charge is 0.487 e. The molecule has 69 heavy (non-hydrogen) atoms. The van der Waals surface area contributed by atoms with Gasteiger partial charge in [-0.2, -0.15) is 0 Å². The van der Waals surface area contributed by atoms with Crippen molar-refractivity contribution in [3.63, 3.8) is 0 Å². The van der Waals surface area contributed by atoms with Gasteiger partial charge in [-0.25, -0.2) is 27.5 Å². The van der Waals surface area contributed by atoms with E-state index in [4.69, 9.17) is 24.4 Å². The monoisotopic (exact) mass is 957 g/mol. The van der Waals surface area contributed by atoms with E-state index < -0.39 is 45.8 Å². The zero-order chi connectivity index (χ0) is 49.0. The Labute approximate surface area is 403 Å². The van der Waals surface area contributed by atoms with Crippen molar-refractivity contribution in [3.05, 3.63) is 142 Å². The van der Waals surface area contributed by atoms with Crippen molar-refractivity contribution in [2.75, 3.05) is 46.1 Å². The first-order chi connectivity index (χ1) is 33.1. The number of benzene rings is 5. The van der Waals surface area contributed by atoms with Gasteiger partial charge in [0, 0.05) is 43.5 Å². The van der Waals surface area contributed by atoms with E-state index in [1.807, 2.05) is 106 Å². The Balaban J connectivity index is 0.867. The molecule has 5 N–H and O–H groups in total. The third-order valence-corrected chi connectivity index (χ3v) is 14.9. The fourth-order valence-corrected chi connectivity index (χ4v) is 11.5. The molecule has 3 aliphatic rings. The number of nitrogens with zero attached hydrogens (tertiary/aromatic N) is 1. The summed E-state index contributed by atoms with van der Waals surface area (Å²) < 4.78 is 53.3. The third kappa shape index (κ3) is 10.3. The van der Waals surface area contributed by atoms with Crippen molar-refractivity contribution < 1.29 is 46.9 Å². The SMILES string of the molecule is Cc1c(C)c(S(=O)(=O)NC(=N)NCCCC(C(=O)O)N(CCOCCNC(=O)OCC2c3ccccc3-c3ccccc32)C(=O)OCC2c3ccccc3-c3ccccc32)c(C)c2c1OC(C)(C)C2. The maximum Gasteiger partial charge on any atom is 0.410 e. The van der Waals surface area contributed by atoms with E-state index in [0.29, 0.717) is 23.3 Å². The number of carboxylic acid groups (broad SMARTS) is 1. The predicted molar refractivity (Wildman–Crippen MR) is 261 cm³/mol. The molecule has 1 atom stereocenters. The number of ether oxygens (including phenoxy) is 4. The maximum atomic E-state index is 14.0. The molecule has 0 fully saturated rings. The number of hydrogen-bond donors (Lipinski definition) is 5. The topological polar surface area (TPSA) is 206 Å². The summed E-state index contributed by atoms with van der Waals surface area (Å²) in [6.07, 6.45) is -0.834. The first-order valence-electron chi connectivity index (χ1n) is 23.2. The van der Waals surface area contributed by atoms with Crippen molar-refractivity contribution in [1.29, 1.82) is 5.41 Å². The van der Waals surface area contributed by atoms with Gasteiger partial charge in [-0.05, 0) is 109 Å². The zero-order valence-electron chi connectivity index (χ0n) is 39.5. The molecular formula is C53H59N5O10S. The molecular weight excluding hydrogens is 899 g/mol. The Kier molecular flexibility index (Phi) is 14.3. The van der Waals surface area contributed by atoms with Gasteiger partial charge in [-0.15, -0.1) is 0 Å². The average Bonchev–Trinajstić information content (AvgIpc) is 3.95. The number of fused-ring (bicyclic) bond motifs is 7. The highest BCUT2D eigenvalue weighted by atomic mass is 32.2. The molecule has 0 bridgehead atoms. The van der Waals surface area contributed by atoms with Gasteiger partial charge in [0.25, 0.3) is 10.0 Å². The number of sulfonamides is 1. The summed E-state index contributed by atoms with van der Waals surface area (Å²) in [6.45, 7) is 9.24. The molecule has 15 nitrogen and oxygen atoms in total. The molecule has 0 saturated heterocycles. The maximum absolute atomic E-state index is 14.0. The molecule has 5 aromatic carbocycles. The Morgan fingerprint density at radius 3 is 1.81 bits per heavy atom. The molecule has 1 heterocycles. The second-order valence-corrected chi connectivity index (χ2v) is 19.9. The number of alkyl carbamates (subject to hydrolysis) is 1. The van der Waals surface area contributed by atoms with Crippen LogP contribution in [-0.2, 0) is 35.4 Å². The fourth-order valence-electron chi connectivity index (χ4n) is 9.98. The standard InChI is InChI=1S/C53H59N5O10S/c1-32-33(2)48(34(3)43-29-53(4,5)68-47(32)43)69(63,64)57-50(54)55-24-14-23-46(49(59)60)58(52(62)67-31-45-41-21-12-8-17-37(41)38-18-9-13-22-42(38)45)26-28-65-27-25-56-51(61)66-30-44-39-19-10-6-15-35(39)36-16-7-11-20-40(36)44/h6-13,15-22,44-46H,14,23-31H2,1-5H3,(H,56,61)(H,59,60)(H3,54,55,57). The van der Waals surface area contributed by atoms with E-state index in [-0.39, 0.29) is 75.6 Å². The number of hydrogen-bond acceptors (Lipinski definition) is 10. The van der Waals surface area contributed by atoms with Crippen LogP contribution in [0, 0.1) is 26.2 Å². The summed E-state index contributed by atoms with van der Waals surface area (Å²) in [5.41, 5.74) is 10.7. The second kappa shape index (κ2) is 20.4. The Bertz CT molecular complexity index is 2810. The summed E-state index contributed by atoms with van der Waals surface area (Å²) in [4.78, 5) is 40.9. The highest BCUT2D eigenvalue weighted by Gasteiger charge is 2.38. The van der Waals surface area contributed by atoms with Crippen molar-refractivity contribution in [2.24, 2.45) is 0 Å².